The van der Waals surface area contributed by atoms with E-state index in [0.717, 1.165) is 11.1 Å². The van der Waals surface area contributed by atoms with E-state index in [9.17, 15) is 9.59 Å². The van der Waals surface area contributed by atoms with Crippen LogP contribution >= 0.6 is 23.2 Å². The molecule has 2 amide bonds. The normalized spacial score (nSPS) is 14.6. The summed E-state index contributed by atoms with van der Waals surface area (Å²) >= 11 is 12.9. The number of carbonyl (C=O) groups excluding carboxylic acids is 2. The summed E-state index contributed by atoms with van der Waals surface area (Å²) in [5, 5.41) is 8.64. The fourth-order valence-corrected chi connectivity index (χ4v) is 5.40. The van der Waals surface area contributed by atoms with Gasteiger partial charge < -0.3 is 14.8 Å². The fourth-order valence-electron chi connectivity index (χ4n) is 4.91. The average molecular weight is 635 g/mol. The summed E-state index contributed by atoms with van der Waals surface area (Å²) in [7, 11) is 1.61. The van der Waals surface area contributed by atoms with E-state index in [4.69, 9.17) is 37.8 Å². The maximum Gasteiger partial charge on any atom is 0.410 e. The van der Waals surface area contributed by atoms with Crippen molar-refractivity contribution in [2.45, 2.75) is 45.9 Å². The van der Waals surface area contributed by atoms with Crippen molar-refractivity contribution in [1.29, 1.82) is 0 Å². The summed E-state index contributed by atoms with van der Waals surface area (Å²) in [6, 6.07) is 17.7. The zero-order chi connectivity index (χ0) is 31.6. The molecule has 0 saturated carbocycles. The number of carbonyl (C=O) groups is 2. The monoisotopic (exact) mass is 633 g/mol. The highest BCUT2D eigenvalue weighted by molar-refractivity contribution is 6.35. The van der Waals surface area contributed by atoms with Crippen molar-refractivity contribution in [2.24, 2.45) is 0 Å². The number of hydrogen-bond donors (Lipinski definition) is 1. The molecule has 0 saturated heterocycles. The van der Waals surface area contributed by atoms with Crippen LogP contribution in [-0.2, 0) is 11.3 Å². The Morgan fingerprint density at radius 3 is 2.43 bits per heavy atom. The zero-order valence-corrected chi connectivity index (χ0v) is 26.6. The van der Waals surface area contributed by atoms with Crippen LogP contribution in [0.15, 0.2) is 66.9 Å². The van der Waals surface area contributed by atoms with Crippen LogP contribution in [0, 0.1) is 0 Å². The van der Waals surface area contributed by atoms with Crippen LogP contribution in [0.3, 0.4) is 0 Å². The van der Waals surface area contributed by atoms with Crippen molar-refractivity contribution < 1.29 is 19.1 Å². The van der Waals surface area contributed by atoms with E-state index in [0.29, 0.717) is 38.4 Å². The second kappa shape index (κ2) is 12.7. The van der Waals surface area contributed by atoms with Gasteiger partial charge in [-0.2, -0.15) is 5.10 Å². The molecule has 4 aromatic rings. The third-order valence-corrected chi connectivity index (χ3v) is 7.48. The van der Waals surface area contributed by atoms with Gasteiger partial charge in [-0.15, -0.1) is 0 Å². The topological polar surface area (TPSA) is 98.6 Å². The molecule has 44 heavy (non-hydrogen) atoms. The third-order valence-electron chi connectivity index (χ3n) is 6.94. The molecule has 0 bridgehead atoms. The van der Waals surface area contributed by atoms with Gasteiger partial charge >= 0.3 is 6.09 Å². The first-order valence-corrected chi connectivity index (χ1v) is 14.8. The summed E-state index contributed by atoms with van der Waals surface area (Å²) < 4.78 is 12.7. The van der Waals surface area contributed by atoms with E-state index in [2.05, 4.69) is 10.3 Å². The molecule has 9 nitrogen and oxygen atoms in total. The molecule has 1 aliphatic heterocycles. The van der Waals surface area contributed by atoms with Gasteiger partial charge in [-0.1, -0.05) is 41.4 Å². The molecule has 0 radical (unpaired) electrons. The van der Waals surface area contributed by atoms with Crippen molar-refractivity contribution >= 4 is 46.9 Å². The Morgan fingerprint density at radius 2 is 1.80 bits per heavy atom. The van der Waals surface area contributed by atoms with Crippen LogP contribution < -0.4 is 10.1 Å². The average Bonchev–Trinajstić information content (AvgIpc) is 3.37. The molecule has 228 valence electrons. The minimum absolute atomic E-state index is 0.0934. The number of amides is 2. The van der Waals surface area contributed by atoms with E-state index in [1.54, 1.807) is 41.1 Å². The van der Waals surface area contributed by atoms with Crippen LogP contribution in [0.4, 0.5) is 4.79 Å². The Bertz CT molecular complexity index is 1710. The number of hydrogen-bond acceptors (Lipinski definition) is 6. The molecule has 0 aliphatic carbocycles. The van der Waals surface area contributed by atoms with Crippen LogP contribution in [0.2, 0.25) is 10.0 Å². The highest BCUT2D eigenvalue weighted by atomic mass is 35.5. The van der Waals surface area contributed by atoms with E-state index in [1.165, 1.54) is 0 Å². The van der Waals surface area contributed by atoms with Crippen molar-refractivity contribution in [3.8, 4) is 11.4 Å². The summed E-state index contributed by atoms with van der Waals surface area (Å²) in [6.07, 6.45) is 3.12. The second-order valence-corrected chi connectivity index (χ2v) is 12.3. The molecule has 5 rings (SSSR count). The molecule has 1 N–H and O–H groups in total. The lowest BCUT2D eigenvalue weighted by Crippen LogP contribution is -2.40. The lowest BCUT2D eigenvalue weighted by atomic mass is 9.97. The molecule has 1 unspecified atom stereocenters. The number of ether oxygens (including phenoxy) is 2. The van der Waals surface area contributed by atoms with Gasteiger partial charge in [0, 0.05) is 16.8 Å². The van der Waals surface area contributed by atoms with Gasteiger partial charge in [0.05, 0.1) is 48.3 Å². The summed E-state index contributed by atoms with van der Waals surface area (Å²) in [6.45, 7) is 7.58. The summed E-state index contributed by atoms with van der Waals surface area (Å²) in [5.41, 5.74) is 3.49. The molecular weight excluding hydrogens is 601 g/mol. The Morgan fingerprint density at radius 1 is 1.05 bits per heavy atom. The van der Waals surface area contributed by atoms with Gasteiger partial charge in [0.1, 0.15) is 11.4 Å². The van der Waals surface area contributed by atoms with Gasteiger partial charge in [-0.05, 0) is 87.4 Å². The number of fused-ring (bicyclic) bond motifs is 1. The van der Waals surface area contributed by atoms with Crippen molar-refractivity contribution in [2.75, 3.05) is 13.7 Å². The maximum atomic E-state index is 13.9. The molecule has 3 heterocycles. The standard InChI is InChI=1S/C33H33Cl2N5O4/c1-20(27-8-6-7-15-36-27)37-31(41)29-25-19-39(32(42)44-33(2,3)4)18-22(16-21-9-12-24(43-5)13-10-21)30(25)40(38-29)28-14-11-23(34)17-26(28)35/h6-17,20H,18-19H2,1-5H3,(H,37,41). The van der Waals surface area contributed by atoms with Crippen LogP contribution in [0.5, 0.6) is 5.75 Å². The first kappa shape index (κ1) is 31.1. The highest BCUT2D eigenvalue weighted by Gasteiger charge is 2.36. The quantitative estimate of drug-likeness (QED) is 0.238. The summed E-state index contributed by atoms with van der Waals surface area (Å²) in [5.74, 6) is 0.295. The molecule has 2 aromatic carbocycles. The van der Waals surface area contributed by atoms with Crippen LogP contribution in [0.1, 0.15) is 66.7 Å². The highest BCUT2D eigenvalue weighted by Crippen LogP contribution is 2.36. The van der Waals surface area contributed by atoms with E-state index < -0.39 is 23.6 Å². The van der Waals surface area contributed by atoms with Gasteiger partial charge in [-0.25, -0.2) is 9.48 Å². The molecule has 1 atom stereocenters. The van der Waals surface area contributed by atoms with Crippen molar-refractivity contribution in [1.82, 2.24) is 25.0 Å². The minimum atomic E-state index is -0.712. The molecule has 11 heteroatoms. The first-order valence-electron chi connectivity index (χ1n) is 14.1. The Balaban J connectivity index is 1.67. The number of benzene rings is 2. The van der Waals surface area contributed by atoms with E-state index >= 15 is 0 Å². The third kappa shape index (κ3) is 6.90. The fraction of sp³-hybridized carbons (Fsp3) is 0.273. The molecular formula is C33H33Cl2N5O4. The molecule has 2 aromatic heterocycles. The van der Waals surface area contributed by atoms with E-state index in [1.807, 2.05) is 76.2 Å². The Labute approximate surface area is 266 Å². The number of nitrogens with zero attached hydrogens (tertiary/aromatic N) is 4. The predicted molar refractivity (Wildman–Crippen MR) is 171 cm³/mol. The maximum absolute atomic E-state index is 13.9. The van der Waals surface area contributed by atoms with Gasteiger partial charge in [0.15, 0.2) is 5.69 Å². The van der Waals surface area contributed by atoms with E-state index in [-0.39, 0.29) is 18.8 Å². The van der Waals surface area contributed by atoms with Gasteiger partial charge in [-0.3, -0.25) is 14.7 Å². The molecule has 0 fully saturated rings. The lowest BCUT2D eigenvalue weighted by Gasteiger charge is -2.32. The number of pyridine rings is 1. The number of aromatic nitrogens is 3. The van der Waals surface area contributed by atoms with Gasteiger partial charge in [0.25, 0.3) is 5.91 Å². The zero-order valence-electron chi connectivity index (χ0n) is 25.1. The Hall–Kier alpha value is -4.34. The number of nitrogens with one attached hydrogen (secondary N) is 1. The van der Waals surface area contributed by atoms with Crippen LogP contribution in [0.25, 0.3) is 17.3 Å². The number of rotatable bonds is 6. The largest absolute Gasteiger partial charge is 0.497 e. The van der Waals surface area contributed by atoms with Crippen molar-refractivity contribution in [3.63, 3.8) is 0 Å². The van der Waals surface area contributed by atoms with Crippen molar-refractivity contribution in [3.05, 3.63) is 105 Å². The molecule has 1 aliphatic rings. The summed E-state index contributed by atoms with van der Waals surface area (Å²) in [4.78, 5) is 33.2. The number of halogens is 2. The SMILES string of the molecule is COc1ccc(C=C2CN(C(=O)OC(C)(C)C)Cc3c(C(=O)NC(C)c4ccccn4)nn(-c4ccc(Cl)cc4Cl)c32)cc1. The van der Waals surface area contributed by atoms with Gasteiger partial charge in [0.2, 0.25) is 0 Å². The van der Waals surface area contributed by atoms with Crippen LogP contribution in [-0.4, -0.2) is 50.9 Å². The smallest absolute Gasteiger partial charge is 0.410 e. The predicted octanol–water partition coefficient (Wildman–Crippen LogP) is 7.37. The number of methoxy groups -OCH3 is 1. The minimum Gasteiger partial charge on any atom is -0.497 e. The molecule has 0 spiro atoms. The first-order chi connectivity index (χ1) is 20.9. The second-order valence-electron chi connectivity index (χ2n) is 11.4. The Kier molecular flexibility index (Phi) is 8.99. The lowest BCUT2D eigenvalue weighted by molar-refractivity contribution is 0.0254.